The van der Waals surface area contributed by atoms with Crippen LogP contribution in [-0.4, -0.2) is 27.5 Å². The van der Waals surface area contributed by atoms with Gasteiger partial charge in [0.2, 0.25) is 0 Å². The predicted molar refractivity (Wildman–Crippen MR) is 126 cm³/mol. The molecule has 8 nitrogen and oxygen atoms in total. The molecule has 0 unspecified atom stereocenters. The van der Waals surface area contributed by atoms with Crippen molar-refractivity contribution in [2.45, 2.75) is 13.0 Å². The molecule has 0 saturated carbocycles. The number of nitro benzene ring substituents is 1. The van der Waals surface area contributed by atoms with Crippen molar-refractivity contribution in [3.05, 3.63) is 110 Å². The zero-order valence-electron chi connectivity index (χ0n) is 17.8. The van der Waals surface area contributed by atoms with E-state index in [9.17, 15) is 29.6 Å². The number of rotatable bonds is 5. The van der Waals surface area contributed by atoms with Gasteiger partial charge in [-0.1, -0.05) is 11.6 Å². The number of hydrogen-bond donors (Lipinski definition) is 1. The van der Waals surface area contributed by atoms with Gasteiger partial charge in [-0.15, -0.1) is 0 Å². The molecule has 1 amide bonds. The van der Waals surface area contributed by atoms with E-state index >= 15 is 0 Å². The van der Waals surface area contributed by atoms with Crippen LogP contribution in [0.2, 0.25) is 5.02 Å². The van der Waals surface area contributed by atoms with Crippen molar-refractivity contribution in [2.24, 2.45) is 0 Å². The first-order valence-corrected chi connectivity index (χ1v) is 10.5. The van der Waals surface area contributed by atoms with Crippen LogP contribution in [0.4, 0.5) is 11.4 Å². The molecule has 1 N–H and O–H groups in total. The highest BCUT2D eigenvalue weighted by Gasteiger charge is 2.47. The Morgan fingerprint density at radius 2 is 1.50 bits per heavy atom. The minimum absolute atomic E-state index is 0.163. The monoisotopic (exact) mass is 476 g/mol. The Labute approximate surface area is 198 Å². The van der Waals surface area contributed by atoms with Crippen LogP contribution in [0.15, 0.2) is 78.4 Å². The van der Waals surface area contributed by atoms with Crippen molar-refractivity contribution in [1.29, 1.82) is 0 Å². The molecule has 0 spiro atoms. The van der Waals surface area contributed by atoms with Crippen LogP contribution >= 0.6 is 11.6 Å². The molecular formula is C25H17ClN2O6. The van der Waals surface area contributed by atoms with Crippen LogP contribution in [0.25, 0.3) is 5.76 Å². The maximum absolute atomic E-state index is 13.1. The number of aliphatic hydroxyl groups is 1. The van der Waals surface area contributed by atoms with Crippen molar-refractivity contribution in [3.63, 3.8) is 0 Å². The molecule has 170 valence electrons. The van der Waals surface area contributed by atoms with Crippen LogP contribution in [0, 0.1) is 10.1 Å². The van der Waals surface area contributed by atoms with Crippen molar-refractivity contribution in [1.82, 2.24) is 0 Å². The molecule has 34 heavy (non-hydrogen) atoms. The number of nitro groups is 1. The summed E-state index contributed by atoms with van der Waals surface area (Å²) >= 11 is 5.92. The van der Waals surface area contributed by atoms with Crippen LogP contribution in [0.5, 0.6) is 0 Å². The van der Waals surface area contributed by atoms with Crippen LogP contribution in [0.1, 0.15) is 34.5 Å². The van der Waals surface area contributed by atoms with E-state index in [1.165, 1.54) is 84.6 Å². The van der Waals surface area contributed by atoms with Crippen molar-refractivity contribution in [2.75, 3.05) is 4.90 Å². The minimum atomic E-state index is -1.06. The number of hydrogen-bond acceptors (Lipinski definition) is 6. The van der Waals surface area contributed by atoms with Gasteiger partial charge in [-0.25, -0.2) is 0 Å². The number of benzene rings is 3. The lowest BCUT2D eigenvalue weighted by atomic mass is 9.95. The third-order valence-corrected chi connectivity index (χ3v) is 5.79. The molecule has 0 bridgehead atoms. The van der Waals surface area contributed by atoms with E-state index in [4.69, 9.17) is 11.6 Å². The lowest BCUT2D eigenvalue weighted by Gasteiger charge is -2.25. The number of nitrogens with zero attached hydrogens (tertiary/aromatic N) is 2. The van der Waals surface area contributed by atoms with Crippen LogP contribution in [-0.2, 0) is 9.59 Å². The standard InChI is InChI=1S/C25H17ClN2O6/c1-14(29)15-4-10-19(11-5-15)27-22(16-6-12-20(13-7-16)28(33)34)21(24(31)25(27)32)23(30)17-2-8-18(26)9-3-17/h2-13,22,30H,1H3/b23-21+/t22-/m0/s1. The lowest BCUT2D eigenvalue weighted by molar-refractivity contribution is -0.384. The summed E-state index contributed by atoms with van der Waals surface area (Å²) in [5.74, 6) is -2.36. The van der Waals surface area contributed by atoms with Gasteiger partial charge in [0.15, 0.2) is 5.78 Å². The summed E-state index contributed by atoms with van der Waals surface area (Å²) in [6.07, 6.45) is 0. The summed E-state index contributed by atoms with van der Waals surface area (Å²) < 4.78 is 0. The maximum atomic E-state index is 13.1. The zero-order chi connectivity index (χ0) is 24.6. The van der Waals surface area contributed by atoms with Crippen LogP contribution < -0.4 is 4.90 Å². The first-order valence-electron chi connectivity index (χ1n) is 10.1. The van der Waals surface area contributed by atoms with Crippen molar-refractivity contribution < 1.29 is 24.4 Å². The largest absolute Gasteiger partial charge is 0.507 e. The summed E-state index contributed by atoms with van der Waals surface area (Å²) in [4.78, 5) is 49.6. The van der Waals surface area contributed by atoms with Gasteiger partial charge in [0.1, 0.15) is 5.76 Å². The molecule has 3 aromatic rings. The van der Waals surface area contributed by atoms with E-state index in [1.54, 1.807) is 0 Å². The Kier molecular flexibility index (Phi) is 6.00. The smallest absolute Gasteiger partial charge is 0.300 e. The minimum Gasteiger partial charge on any atom is -0.507 e. The molecule has 1 aliphatic rings. The quantitative estimate of drug-likeness (QED) is 0.137. The zero-order valence-corrected chi connectivity index (χ0v) is 18.5. The molecule has 1 saturated heterocycles. The molecule has 1 fully saturated rings. The average Bonchev–Trinajstić information content (AvgIpc) is 3.09. The highest BCUT2D eigenvalue weighted by Crippen LogP contribution is 2.42. The number of non-ortho nitro benzene ring substituents is 1. The van der Waals surface area contributed by atoms with Gasteiger partial charge in [-0.05, 0) is 73.2 Å². The Morgan fingerprint density at radius 1 is 0.941 bits per heavy atom. The number of aliphatic hydroxyl groups excluding tert-OH is 1. The molecule has 1 aliphatic heterocycles. The fourth-order valence-corrected chi connectivity index (χ4v) is 3.94. The SMILES string of the molecule is CC(=O)c1ccc(N2C(=O)C(=O)/C(=C(/O)c3ccc(Cl)cc3)[C@@H]2c2ccc([N+](=O)[O-])cc2)cc1. The van der Waals surface area contributed by atoms with Gasteiger partial charge in [-0.3, -0.25) is 29.4 Å². The van der Waals surface area contributed by atoms with E-state index in [-0.39, 0.29) is 22.6 Å². The van der Waals surface area contributed by atoms with E-state index in [2.05, 4.69) is 0 Å². The Bertz CT molecular complexity index is 1350. The average molecular weight is 477 g/mol. The molecule has 1 heterocycles. The summed E-state index contributed by atoms with van der Waals surface area (Å²) in [7, 11) is 0. The molecule has 0 aliphatic carbocycles. The number of carbonyl (C=O) groups is 3. The van der Waals surface area contributed by atoms with Crippen molar-refractivity contribution in [3.8, 4) is 0 Å². The normalized spacial score (nSPS) is 17.1. The number of amides is 1. The molecule has 0 aromatic heterocycles. The summed E-state index contributed by atoms with van der Waals surface area (Å²) in [6, 6.07) is 16.5. The van der Waals surface area contributed by atoms with Gasteiger partial charge in [-0.2, -0.15) is 0 Å². The number of anilines is 1. The van der Waals surface area contributed by atoms with Gasteiger partial charge in [0.25, 0.3) is 17.4 Å². The van der Waals surface area contributed by atoms with E-state index < -0.39 is 28.4 Å². The molecule has 3 aromatic carbocycles. The Morgan fingerprint density at radius 3 is 2.03 bits per heavy atom. The number of halogens is 1. The second-order valence-corrected chi connectivity index (χ2v) is 8.06. The number of Topliss-reactive ketones (excluding diaryl/α,β-unsaturated/α-hetero) is 2. The van der Waals surface area contributed by atoms with E-state index in [1.807, 2.05) is 0 Å². The summed E-state index contributed by atoms with van der Waals surface area (Å²) in [5.41, 5.74) is 1.08. The highest BCUT2D eigenvalue weighted by atomic mass is 35.5. The van der Waals surface area contributed by atoms with Crippen LogP contribution in [0.3, 0.4) is 0 Å². The van der Waals surface area contributed by atoms with Gasteiger partial charge in [0.05, 0.1) is 16.5 Å². The van der Waals surface area contributed by atoms with Crippen molar-refractivity contribution >= 4 is 46.2 Å². The Hall–Kier alpha value is -4.30. The molecular weight excluding hydrogens is 460 g/mol. The molecule has 1 atom stereocenters. The second-order valence-electron chi connectivity index (χ2n) is 7.63. The number of ketones is 2. The first-order chi connectivity index (χ1) is 16.2. The Balaban J connectivity index is 1.91. The fourth-order valence-electron chi connectivity index (χ4n) is 3.81. The van der Waals surface area contributed by atoms with E-state index in [0.717, 1.165) is 0 Å². The maximum Gasteiger partial charge on any atom is 0.300 e. The van der Waals surface area contributed by atoms with Gasteiger partial charge in [0, 0.05) is 34.0 Å². The lowest BCUT2D eigenvalue weighted by Crippen LogP contribution is -2.29. The van der Waals surface area contributed by atoms with Gasteiger partial charge < -0.3 is 5.11 Å². The molecule has 0 radical (unpaired) electrons. The topological polar surface area (TPSA) is 118 Å². The third kappa shape index (κ3) is 4.06. The second kappa shape index (κ2) is 8.92. The summed E-state index contributed by atoms with van der Waals surface area (Å²) in [5, 5.41) is 22.6. The first kappa shape index (κ1) is 22.9. The third-order valence-electron chi connectivity index (χ3n) is 5.53. The predicted octanol–water partition coefficient (Wildman–Crippen LogP) is 5.08. The molecule has 9 heteroatoms. The van der Waals surface area contributed by atoms with Gasteiger partial charge >= 0.3 is 0 Å². The molecule has 4 rings (SSSR count). The highest BCUT2D eigenvalue weighted by molar-refractivity contribution is 6.51. The number of carbonyl (C=O) groups excluding carboxylic acids is 3. The fraction of sp³-hybridized carbons (Fsp3) is 0.0800. The summed E-state index contributed by atoms with van der Waals surface area (Å²) in [6.45, 7) is 1.41. The van der Waals surface area contributed by atoms with E-state index in [0.29, 0.717) is 21.8 Å².